The Hall–Kier alpha value is -2.03. The Balaban J connectivity index is 1.45. The molecule has 0 radical (unpaired) electrons. The summed E-state index contributed by atoms with van der Waals surface area (Å²) >= 11 is 7.88. The van der Waals surface area contributed by atoms with E-state index in [1.54, 1.807) is 11.9 Å². The van der Waals surface area contributed by atoms with Crippen LogP contribution in [-0.2, 0) is 21.2 Å². The van der Waals surface area contributed by atoms with Crippen LogP contribution in [0.1, 0.15) is 29.4 Å². The van der Waals surface area contributed by atoms with Crippen LogP contribution in [0.4, 0.5) is 0 Å². The summed E-state index contributed by atoms with van der Waals surface area (Å²) in [6, 6.07) is 11.6. The summed E-state index contributed by atoms with van der Waals surface area (Å²) in [5.41, 5.74) is 2.74. The van der Waals surface area contributed by atoms with Crippen LogP contribution in [0, 0.1) is 13.8 Å². The monoisotopic (exact) mass is 491 g/mol. The molecule has 2 aromatic carbocycles. The van der Waals surface area contributed by atoms with Gasteiger partial charge in [0.05, 0.1) is 29.0 Å². The van der Waals surface area contributed by atoms with Crippen molar-refractivity contribution in [1.29, 1.82) is 0 Å². The number of carbonyl (C=O) groups excluding carboxylic acids is 1. The lowest BCUT2D eigenvalue weighted by Crippen LogP contribution is -2.28. The van der Waals surface area contributed by atoms with Crippen LogP contribution < -0.4 is 0 Å². The van der Waals surface area contributed by atoms with E-state index in [2.05, 4.69) is 5.10 Å². The number of nitrogens with zero attached hydrogens (tertiary/aromatic N) is 3. The fourth-order valence-electron chi connectivity index (χ4n) is 4.21. The number of halogens is 1. The number of fused-ring (bicyclic) bond motifs is 1. The zero-order valence-corrected chi connectivity index (χ0v) is 20.7. The van der Waals surface area contributed by atoms with Gasteiger partial charge in [0.2, 0.25) is 5.91 Å². The minimum Gasteiger partial charge on any atom is -0.341 e. The summed E-state index contributed by atoms with van der Waals surface area (Å²) in [6.07, 6.45) is 0.586. The summed E-state index contributed by atoms with van der Waals surface area (Å²) in [7, 11) is -1.20. The van der Waals surface area contributed by atoms with Crippen LogP contribution in [0.2, 0.25) is 5.02 Å². The fraction of sp³-hybridized carbons (Fsp3) is 0.391. The van der Waals surface area contributed by atoms with Crippen molar-refractivity contribution in [2.45, 2.75) is 37.8 Å². The van der Waals surface area contributed by atoms with Gasteiger partial charge in [-0.05, 0) is 37.8 Å². The summed E-state index contributed by atoms with van der Waals surface area (Å²) in [5, 5.41) is 7.30. The first-order valence-electron chi connectivity index (χ1n) is 10.5. The van der Waals surface area contributed by atoms with Crippen molar-refractivity contribution < 1.29 is 13.2 Å². The maximum atomic E-state index is 12.9. The Morgan fingerprint density at radius 1 is 1.25 bits per heavy atom. The molecule has 170 valence electrons. The molecule has 4 rings (SSSR count). The van der Waals surface area contributed by atoms with Gasteiger partial charge in [0, 0.05) is 40.2 Å². The van der Waals surface area contributed by atoms with Gasteiger partial charge in [-0.15, -0.1) is 11.8 Å². The summed E-state index contributed by atoms with van der Waals surface area (Å²) < 4.78 is 25.6. The molecule has 1 aromatic heterocycles. The predicted molar refractivity (Wildman–Crippen MR) is 130 cm³/mol. The van der Waals surface area contributed by atoms with Crippen molar-refractivity contribution in [2.24, 2.45) is 0 Å². The molecule has 6 nitrogen and oxygen atoms in total. The third-order valence-electron chi connectivity index (χ3n) is 6.02. The largest absolute Gasteiger partial charge is 0.341 e. The zero-order valence-electron chi connectivity index (χ0n) is 18.3. The van der Waals surface area contributed by atoms with Gasteiger partial charge < -0.3 is 4.90 Å². The standard InChI is InChI=1S/C23H26ClN3O3S2/c1-15-19(16(2)27(25-15)18-10-11-32(29,30)14-18)12-26(3)22(28)13-31-21-9-5-7-17-6-4-8-20(24)23(17)21/h4-9,18H,10-14H2,1-3H3. The van der Waals surface area contributed by atoms with E-state index in [1.165, 1.54) is 11.8 Å². The molecule has 0 bridgehead atoms. The molecule has 1 aliphatic rings. The van der Waals surface area contributed by atoms with Gasteiger partial charge in [0.1, 0.15) is 0 Å². The van der Waals surface area contributed by atoms with Gasteiger partial charge in [-0.3, -0.25) is 9.48 Å². The van der Waals surface area contributed by atoms with Crippen molar-refractivity contribution in [3.63, 3.8) is 0 Å². The third-order valence-corrected chi connectivity index (χ3v) is 9.12. The van der Waals surface area contributed by atoms with E-state index in [0.29, 0.717) is 23.7 Å². The molecule has 3 aromatic rings. The minimum atomic E-state index is -2.99. The van der Waals surface area contributed by atoms with Gasteiger partial charge in [-0.25, -0.2) is 8.42 Å². The number of sulfone groups is 1. The number of hydrogen-bond donors (Lipinski definition) is 0. The minimum absolute atomic E-state index is 0.00838. The average molecular weight is 492 g/mol. The molecule has 1 atom stereocenters. The molecule has 1 fully saturated rings. The maximum absolute atomic E-state index is 12.9. The Bertz CT molecular complexity index is 1280. The molecule has 0 saturated carbocycles. The topological polar surface area (TPSA) is 72.3 Å². The van der Waals surface area contributed by atoms with E-state index >= 15 is 0 Å². The van der Waals surface area contributed by atoms with Gasteiger partial charge in [-0.1, -0.05) is 35.9 Å². The quantitative estimate of drug-likeness (QED) is 0.477. The summed E-state index contributed by atoms with van der Waals surface area (Å²) in [6.45, 7) is 4.30. The fourth-order valence-corrected chi connectivity index (χ4v) is 7.29. The van der Waals surface area contributed by atoms with Crippen molar-refractivity contribution in [2.75, 3.05) is 24.3 Å². The van der Waals surface area contributed by atoms with E-state index < -0.39 is 9.84 Å². The molecule has 9 heteroatoms. The van der Waals surface area contributed by atoms with Crippen LogP contribution in [0.3, 0.4) is 0 Å². The highest BCUT2D eigenvalue weighted by Gasteiger charge is 2.31. The summed E-state index contributed by atoms with van der Waals surface area (Å²) in [5.74, 6) is 0.648. The number of amides is 1. The highest BCUT2D eigenvalue weighted by molar-refractivity contribution is 8.00. The maximum Gasteiger partial charge on any atom is 0.232 e. The van der Waals surface area contributed by atoms with Gasteiger partial charge in [0.25, 0.3) is 0 Å². The van der Waals surface area contributed by atoms with Crippen molar-refractivity contribution in [3.05, 3.63) is 58.4 Å². The van der Waals surface area contributed by atoms with Crippen LogP contribution in [0.5, 0.6) is 0 Å². The zero-order chi connectivity index (χ0) is 23.0. The number of hydrogen-bond acceptors (Lipinski definition) is 5. The first-order chi connectivity index (χ1) is 15.2. The second-order valence-corrected chi connectivity index (χ2v) is 11.9. The normalized spacial score (nSPS) is 17.7. The number of aryl methyl sites for hydroxylation is 1. The molecule has 1 unspecified atom stereocenters. The van der Waals surface area contributed by atoms with Crippen LogP contribution in [-0.4, -0.2) is 53.3 Å². The van der Waals surface area contributed by atoms with Gasteiger partial charge in [0.15, 0.2) is 9.84 Å². The Labute approximate surface area is 197 Å². The van der Waals surface area contributed by atoms with Crippen molar-refractivity contribution >= 4 is 49.9 Å². The van der Waals surface area contributed by atoms with Crippen LogP contribution in [0.25, 0.3) is 10.8 Å². The van der Waals surface area contributed by atoms with Crippen LogP contribution in [0.15, 0.2) is 41.3 Å². The molecule has 0 N–H and O–H groups in total. The Kier molecular flexibility index (Phi) is 6.56. The Morgan fingerprint density at radius 2 is 1.97 bits per heavy atom. The molecule has 1 aliphatic heterocycles. The van der Waals surface area contributed by atoms with E-state index in [-0.39, 0.29) is 23.5 Å². The second-order valence-electron chi connectivity index (χ2n) is 8.28. The summed E-state index contributed by atoms with van der Waals surface area (Å²) in [4.78, 5) is 15.6. The predicted octanol–water partition coefficient (Wildman–Crippen LogP) is 4.42. The number of thioether (sulfide) groups is 1. The molecule has 0 spiro atoms. The van der Waals surface area contributed by atoms with E-state index in [4.69, 9.17) is 11.6 Å². The number of rotatable bonds is 6. The average Bonchev–Trinajstić information content (AvgIpc) is 3.25. The molecule has 32 heavy (non-hydrogen) atoms. The lowest BCUT2D eigenvalue weighted by atomic mass is 10.1. The van der Waals surface area contributed by atoms with E-state index in [0.717, 1.165) is 32.6 Å². The smallest absolute Gasteiger partial charge is 0.232 e. The van der Waals surface area contributed by atoms with E-state index in [1.807, 2.05) is 54.9 Å². The van der Waals surface area contributed by atoms with Crippen molar-refractivity contribution in [1.82, 2.24) is 14.7 Å². The molecule has 1 amide bonds. The lowest BCUT2D eigenvalue weighted by Gasteiger charge is -2.18. The van der Waals surface area contributed by atoms with E-state index in [9.17, 15) is 13.2 Å². The first kappa shape index (κ1) is 23.1. The molecular weight excluding hydrogens is 466 g/mol. The second kappa shape index (κ2) is 9.08. The molecule has 0 aliphatic carbocycles. The number of carbonyl (C=O) groups is 1. The number of benzene rings is 2. The first-order valence-corrected chi connectivity index (χ1v) is 13.6. The SMILES string of the molecule is Cc1nn(C2CCS(=O)(=O)C2)c(C)c1CN(C)C(=O)CSc1cccc2cccc(Cl)c12. The van der Waals surface area contributed by atoms with Gasteiger partial charge >= 0.3 is 0 Å². The molecular formula is C23H26ClN3O3S2. The third kappa shape index (κ3) is 4.67. The lowest BCUT2D eigenvalue weighted by molar-refractivity contribution is -0.127. The highest BCUT2D eigenvalue weighted by atomic mass is 35.5. The van der Waals surface area contributed by atoms with Gasteiger partial charge in [-0.2, -0.15) is 5.10 Å². The Morgan fingerprint density at radius 3 is 2.66 bits per heavy atom. The highest BCUT2D eigenvalue weighted by Crippen LogP contribution is 2.33. The molecule has 2 heterocycles. The molecule has 1 saturated heterocycles. The number of aromatic nitrogens is 2. The van der Waals surface area contributed by atoms with Crippen LogP contribution >= 0.6 is 23.4 Å². The van der Waals surface area contributed by atoms with Crippen molar-refractivity contribution in [3.8, 4) is 0 Å².